The zero-order valence-corrected chi connectivity index (χ0v) is 20.1. The van der Waals surface area contributed by atoms with Crippen LogP contribution in [0.25, 0.3) is 0 Å². The van der Waals surface area contributed by atoms with Crippen LogP contribution < -0.4 is 10.6 Å². The number of thiophene rings is 1. The van der Waals surface area contributed by atoms with E-state index in [1.165, 1.54) is 16.7 Å². The average Bonchev–Trinajstić information content (AvgIpc) is 3.39. The molecule has 0 atom stereocenters. The van der Waals surface area contributed by atoms with Crippen molar-refractivity contribution in [1.82, 2.24) is 15.5 Å². The molecule has 7 heteroatoms. The second-order valence-electron chi connectivity index (χ2n) is 6.70. The molecule has 2 N–H and O–H groups in total. The summed E-state index contributed by atoms with van der Waals surface area (Å²) in [6.45, 7) is 6.00. The number of rotatable bonds is 9. The number of hydrogen-bond acceptors (Lipinski definition) is 4. The van der Waals surface area contributed by atoms with Gasteiger partial charge in [0.2, 0.25) is 0 Å². The van der Waals surface area contributed by atoms with Gasteiger partial charge in [-0.1, -0.05) is 24.3 Å². The minimum absolute atomic E-state index is 0. The van der Waals surface area contributed by atoms with Crippen molar-refractivity contribution < 1.29 is 4.42 Å². The van der Waals surface area contributed by atoms with Crippen LogP contribution in [0.5, 0.6) is 0 Å². The molecule has 0 aliphatic heterocycles. The largest absolute Gasteiger partial charge is 0.468 e. The van der Waals surface area contributed by atoms with Crippen molar-refractivity contribution in [2.75, 3.05) is 13.6 Å². The van der Waals surface area contributed by atoms with E-state index >= 15 is 0 Å². The number of hydrogen-bond donors (Lipinski definition) is 2. The van der Waals surface area contributed by atoms with Crippen LogP contribution in [0.3, 0.4) is 0 Å². The van der Waals surface area contributed by atoms with Crippen molar-refractivity contribution in [1.29, 1.82) is 0 Å². The lowest BCUT2D eigenvalue weighted by atomic mass is 10.1. The van der Waals surface area contributed by atoms with Gasteiger partial charge in [0.15, 0.2) is 5.96 Å². The number of nitrogens with zero attached hydrogens (tertiary/aromatic N) is 2. The Morgan fingerprint density at radius 3 is 2.59 bits per heavy atom. The van der Waals surface area contributed by atoms with E-state index in [4.69, 9.17) is 4.42 Å². The van der Waals surface area contributed by atoms with Gasteiger partial charge in [-0.2, -0.15) is 11.3 Å². The van der Waals surface area contributed by atoms with Gasteiger partial charge < -0.3 is 15.1 Å². The monoisotopic (exact) mass is 524 g/mol. The van der Waals surface area contributed by atoms with Crippen LogP contribution in [-0.4, -0.2) is 24.5 Å². The summed E-state index contributed by atoms with van der Waals surface area (Å²) in [7, 11) is 2.11. The van der Waals surface area contributed by atoms with E-state index in [0.29, 0.717) is 6.54 Å². The Balaban J connectivity index is 0.00000300. The minimum atomic E-state index is 0. The predicted molar refractivity (Wildman–Crippen MR) is 132 cm³/mol. The Morgan fingerprint density at radius 2 is 1.90 bits per heavy atom. The third kappa shape index (κ3) is 7.83. The Kier molecular flexibility index (Phi) is 10.2. The Morgan fingerprint density at radius 1 is 1.07 bits per heavy atom. The first-order valence-electron chi connectivity index (χ1n) is 9.55. The lowest BCUT2D eigenvalue weighted by Crippen LogP contribution is -2.37. The first-order valence-corrected chi connectivity index (χ1v) is 10.5. The van der Waals surface area contributed by atoms with Crippen LogP contribution >= 0.6 is 35.3 Å². The molecule has 0 unspecified atom stereocenters. The normalized spacial score (nSPS) is 11.3. The molecule has 0 aliphatic carbocycles. The molecule has 0 fully saturated rings. The molecular weight excluding hydrogens is 495 g/mol. The quantitative estimate of drug-likeness (QED) is 0.239. The van der Waals surface area contributed by atoms with Crippen molar-refractivity contribution >= 4 is 41.3 Å². The molecule has 2 heterocycles. The fourth-order valence-electron chi connectivity index (χ4n) is 2.97. The number of aliphatic imine (C=N–C) groups is 1. The highest BCUT2D eigenvalue weighted by molar-refractivity contribution is 14.0. The van der Waals surface area contributed by atoms with Crippen LogP contribution in [0, 0.1) is 0 Å². The Labute approximate surface area is 194 Å². The van der Waals surface area contributed by atoms with Gasteiger partial charge in [-0.05, 0) is 59.6 Å². The number of guanidine groups is 1. The fraction of sp³-hybridized carbons (Fsp3) is 0.318. The number of benzene rings is 1. The summed E-state index contributed by atoms with van der Waals surface area (Å²) >= 11 is 1.70. The molecule has 0 aliphatic rings. The highest BCUT2D eigenvalue weighted by Crippen LogP contribution is 2.13. The van der Waals surface area contributed by atoms with E-state index in [1.807, 2.05) is 12.1 Å². The molecule has 2 aromatic heterocycles. The van der Waals surface area contributed by atoms with Crippen molar-refractivity contribution in [2.24, 2.45) is 4.99 Å². The second-order valence-corrected chi connectivity index (χ2v) is 7.48. The number of nitrogens with one attached hydrogen (secondary N) is 2. The molecule has 3 rings (SSSR count). The molecule has 156 valence electrons. The van der Waals surface area contributed by atoms with Gasteiger partial charge in [-0.25, -0.2) is 4.99 Å². The average molecular weight is 524 g/mol. The van der Waals surface area contributed by atoms with Gasteiger partial charge in [0.25, 0.3) is 0 Å². The predicted octanol–water partition coefficient (Wildman–Crippen LogP) is 4.85. The second kappa shape index (κ2) is 12.7. The van der Waals surface area contributed by atoms with Gasteiger partial charge in [0.05, 0.1) is 19.4 Å². The topological polar surface area (TPSA) is 52.8 Å². The van der Waals surface area contributed by atoms with Crippen LogP contribution in [0.1, 0.15) is 29.4 Å². The Hall–Kier alpha value is -1.84. The highest BCUT2D eigenvalue weighted by atomic mass is 127. The molecule has 0 radical (unpaired) electrons. The zero-order valence-electron chi connectivity index (χ0n) is 16.9. The van der Waals surface area contributed by atoms with Crippen molar-refractivity contribution in [3.63, 3.8) is 0 Å². The summed E-state index contributed by atoms with van der Waals surface area (Å²) in [5.74, 6) is 1.82. The first kappa shape index (κ1) is 23.4. The molecule has 1 aromatic carbocycles. The van der Waals surface area contributed by atoms with Gasteiger partial charge in [0, 0.05) is 19.6 Å². The van der Waals surface area contributed by atoms with Crippen molar-refractivity contribution in [2.45, 2.75) is 33.1 Å². The first-order chi connectivity index (χ1) is 13.7. The lowest BCUT2D eigenvalue weighted by Gasteiger charge is -2.19. The zero-order chi connectivity index (χ0) is 19.6. The van der Waals surface area contributed by atoms with Crippen LogP contribution in [0.4, 0.5) is 0 Å². The van der Waals surface area contributed by atoms with Gasteiger partial charge in [0.1, 0.15) is 5.76 Å². The molecule has 0 amide bonds. The summed E-state index contributed by atoms with van der Waals surface area (Å²) in [4.78, 5) is 6.95. The maximum atomic E-state index is 5.46. The molecule has 0 saturated carbocycles. The van der Waals surface area contributed by atoms with Crippen LogP contribution in [0.2, 0.25) is 0 Å². The van der Waals surface area contributed by atoms with E-state index in [-0.39, 0.29) is 24.0 Å². The SMILES string of the molecule is CCNC(=NCc1ccsc1)NCc1ccccc1CN(C)Cc1ccco1.I. The molecule has 0 bridgehead atoms. The van der Waals surface area contributed by atoms with Crippen LogP contribution in [0.15, 0.2) is 68.9 Å². The van der Waals surface area contributed by atoms with Crippen molar-refractivity contribution in [3.8, 4) is 0 Å². The summed E-state index contributed by atoms with van der Waals surface area (Å²) < 4.78 is 5.46. The maximum absolute atomic E-state index is 5.46. The molecular formula is C22H29IN4OS. The number of halogens is 1. The summed E-state index contributed by atoms with van der Waals surface area (Å²) in [6, 6.07) is 14.6. The van der Waals surface area contributed by atoms with E-state index in [2.05, 4.69) is 75.6 Å². The standard InChI is InChI=1S/C22H28N4OS.HI/c1-3-23-22(24-13-18-10-12-28-17-18)25-14-19-7-4-5-8-20(19)15-26(2)16-21-9-6-11-27-21;/h4-12,17H,3,13-16H2,1-2H3,(H2,23,24,25);1H. The molecule has 3 aromatic rings. The molecule has 5 nitrogen and oxygen atoms in total. The smallest absolute Gasteiger partial charge is 0.191 e. The van der Waals surface area contributed by atoms with Gasteiger partial charge in [-0.3, -0.25) is 4.90 Å². The molecule has 0 saturated heterocycles. The third-order valence-electron chi connectivity index (χ3n) is 4.35. The number of furan rings is 1. The van der Waals surface area contributed by atoms with E-state index in [1.54, 1.807) is 17.6 Å². The van der Waals surface area contributed by atoms with Gasteiger partial charge >= 0.3 is 0 Å². The fourth-order valence-corrected chi connectivity index (χ4v) is 3.63. The summed E-state index contributed by atoms with van der Waals surface area (Å²) in [6.07, 6.45) is 1.72. The summed E-state index contributed by atoms with van der Waals surface area (Å²) in [5, 5.41) is 11.0. The molecule has 0 spiro atoms. The molecule has 29 heavy (non-hydrogen) atoms. The maximum Gasteiger partial charge on any atom is 0.191 e. The van der Waals surface area contributed by atoms with E-state index in [9.17, 15) is 0 Å². The van der Waals surface area contributed by atoms with Gasteiger partial charge in [-0.15, -0.1) is 24.0 Å². The van der Waals surface area contributed by atoms with Crippen molar-refractivity contribution in [3.05, 3.63) is 81.9 Å². The highest BCUT2D eigenvalue weighted by Gasteiger charge is 2.08. The Bertz CT molecular complexity index is 850. The summed E-state index contributed by atoms with van der Waals surface area (Å²) in [5.41, 5.74) is 3.81. The lowest BCUT2D eigenvalue weighted by molar-refractivity contribution is 0.287. The minimum Gasteiger partial charge on any atom is -0.468 e. The van der Waals surface area contributed by atoms with Crippen LogP contribution in [-0.2, 0) is 26.2 Å². The van der Waals surface area contributed by atoms with E-state index in [0.717, 1.165) is 37.9 Å². The van der Waals surface area contributed by atoms with E-state index < -0.39 is 0 Å². The third-order valence-corrected chi connectivity index (χ3v) is 5.09.